The van der Waals surface area contributed by atoms with Crippen LogP contribution in [0.15, 0.2) is 4.99 Å². The second kappa shape index (κ2) is 8.03. The van der Waals surface area contributed by atoms with Crippen molar-refractivity contribution in [2.24, 2.45) is 10.9 Å². The number of guanidine groups is 1. The van der Waals surface area contributed by atoms with Crippen molar-refractivity contribution in [3.8, 4) is 0 Å². The van der Waals surface area contributed by atoms with Crippen molar-refractivity contribution in [1.82, 2.24) is 20.0 Å². The lowest BCUT2D eigenvalue weighted by molar-refractivity contribution is 0.0137. The van der Waals surface area contributed by atoms with Crippen molar-refractivity contribution in [3.63, 3.8) is 0 Å². The number of ether oxygens (including phenoxy) is 1. The molecule has 0 spiro atoms. The first-order chi connectivity index (χ1) is 12.3. The molecule has 1 amide bonds. The van der Waals surface area contributed by atoms with Crippen molar-refractivity contribution in [2.45, 2.75) is 52.2 Å². The van der Waals surface area contributed by atoms with Crippen molar-refractivity contribution < 1.29 is 9.53 Å². The Kier molecular flexibility index (Phi) is 5.95. The van der Waals surface area contributed by atoms with Crippen molar-refractivity contribution in [2.75, 3.05) is 52.4 Å². The highest BCUT2D eigenvalue weighted by Crippen LogP contribution is 2.19. The van der Waals surface area contributed by atoms with E-state index in [0.717, 1.165) is 32.1 Å². The fourth-order valence-corrected chi connectivity index (χ4v) is 3.96. The fourth-order valence-electron chi connectivity index (χ4n) is 3.96. The molecule has 3 aliphatic heterocycles. The molecule has 2 saturated heterocycles. The maximum absolute atomic E-state index is 12.3. The first-order valence-corrected chi connectivity index (χ1v) is 10.1. The van der Waals surface area contributed by atoms with Crippen LogP contribution in [0.2, 0.25) is 0 Å². The molecule has 0 saturated carbocycles. The summed E-state index contributed by atoms with van der Waals surface area (Å²) in [6.07, 6.45) is 2.48. The van der Waals surface area contributed by atoms with Gasteiger partial charge in [0.1, 0.15) is 5.60 Å². The minimum atomic E-state index is -0.446. The molecule has 7 heteroatoms. The van der Waals surface area contributed by atoms with E-state index < -0.39 is 5.60 Å². The summed E-state index contributed by atoms with van der Waals surface area (Å²) >= 11 is 0. The molecule has 0 bridgehead atoms. The number of carbonyl (C=O) groups is 1. The molecule has 3 heterocycles. The summed E-state index contributed by atoms with van der Waals surface area (Å²) in [7, 11) is 0. The van der Waals surface area contributed by atoms with Gasteiger partial charge >= 0.3 is 6.09 Å². The zero-order chi connectivity index (χ0) is 18.7. The summed E-state index contributed by atoms with van der Waals surface area (Å²) in [5.41, 5.74) is -0.446. The molecule has 0 aromatic carbocycles. The van der Waals surface area contributed by atoms with E-state index in [9.17, 15) is 4.79 Å². The second-order valence-electron chi connectivity index (χ2n) is 8.93. The van der Waals surface area contributed by atoms with Gasteiger partial charge in [-0.3, -0.25) is 4.99 Å². The maximum atomic E-state index is 12.3. The van der Waals surface area contributed by atoms with Crippen LogP contribution in [-0.4, -0.2) is 90.8 Å². The van der Waals surface area contributed by atoms with Gasteiger partial charge in [-0.1, -0.05) is 6.92 Å². The van der Waals surface area contributed by atoms with E-state index in [1.165, 1.54) is 25.9 Å². The smallest absolute Gasteiger partial charge is 0.410 e. The molecule has 1 N–H and O–H groups in total. The Hall–Kier alpha value is -1.50. The van der Waals surface area contributed by atoms with Gasteiger partial charge in [-0.2, -0.15) is 0 Å². The molecule has 148 valence electrons. The Balaban J connectivity index is 1.42. The summed E-state index contributed by atoms with van der Waals surface area (Å²) in [5.74, 6) is 1.62. The molecule has 2 fully saturated rings. The molecule has 7 nitrogen and oxygen atoms in total. The molecule has 3 aliphatic rings. The van der Waals surface area contributed by atoms with Gasteiger partial charge in [-0.15, -0.1) is 0 Å². The van der Waals surface area contributed by atoms with Crippen molar-refractivity contribution in [1.29, 1.82) is 0 Å². The lowest BCUT2D eigenvalue weighted by atomic mass is 10.1. The molecule has 2 atom stereocenters. The monoisotopic (exact) mass is 365 g/mol. The standard InChI is InChI=1S/C19H35N5O2/c1-15(13-22-7-5-6-8-22)11-20-17-21-12-16-14-23(9-10-24(16)17)18(25)26-19(2,3)4/h15-16H,5-14H2,1-4H3,(H,20,21). The van der Waals surface area contributed by atoms with Crippen LogP contribution < -0.4 is 5.32 Å². The van der Waals surface area contributed by atoms with E-state index in [2.05, 4.69) is 22.0 Å². The van der Waals surface area contributed by atoms with Crippen molar-refractivity contribution in [3.05, 3.63) is 0 Å². The fraction of sp³-hybridized carbons (Fsp3) is 0.895. The van der Waals surface area contributed by atoms with Crippen LogP contribution in [0.5, 0.6) is 0 Å². The van der Waals surface area contributed by atoms with Crippen LogP contribution >= 0.6 is 0 Å². The zero-order valence-electron chi connectivity index (χ0n) is 16.8. The lowest BCUT2D eigenvalue weighted by Gasteiger charge is -2.39. The number of amides is 1. The SMILES string of the molecule is CC(CNC1=NCC2CN(C(=O)OC(C)(C)C)CCN12)CN1CCCC1. The lowest BCUT2D eigenvalue weighted by Crippen LogP contribution is -2.57. The van der Waals surface area contributed by atoms with E-state index in [1.807, 2.05) is 25.7 Å². The summed E-state index contributed by atoms with van der Waals surface area (Å²) < 4.78 is 5.51. The minimum absolute atomic E-state index is 0.210. The highest BCUT2D eigenvalue weighted by molar-refractivity contribution is 5.82. The van der Waals surface area contributed by atoms with Gasteiger partial charge in [0.25, 0.3) is 0 Å². The van der Waals surface area contributed by atoms with E-state index in [0.29, 0.717) is 19.0 Å². The van der Waals surface area contributed by atoms with Crippen LogP contribution in [0.3, 0.4) is 0 Å². The molecular weight excluding hydrogens is 330 g/mol. The Labute approximate surface area is 157 Å². The van der Waals surface area contributed by atoms with E-state index in [-0.39, 0.29) is 12.1 Å². The molecule has 0 aromatic heterocycles. The molecule has 0 radical (unpaired) electrons. The van der Waals surface area contributed by atoms with Gasteiger partial charge in [-0.05, 0) is 52.6 Å². The predicted molar refractivity (Wildman–Crippen MR) is 103 cm³/mol. The summed E-state index contributed by atoms with van der Waals surface area (Å²) in [6, 6.07) is 0.271. The van der Waals surface area contributed by atoms with Gasteiger partial charge in [0.15, 0.2) is 5.96 Å². The summed E-state index contributed by atoms with van der Waals surface area (Å²) in [6.45, 7) is 15.6. The van der Waals surface area contributed by atoms with E-state index in [4.69, 9.17) is 9.73 Å². The Bertz CT molecular complexity index is 525. The molecule has 0 aromatic rings. The molecule has 2 unspecified atom stereocenters. The number of hydrogen-bond donors (Lipinski definition) is 1. The summed E-state index contributed by atoms with van der Waals surface area (Å²) in [4.78, 5) is 23.7. The van der Waals surface area contributed by atoms with E-state index >= 15 is 0 Å². The number of carbonyl (C=O) groups excluding carboxylic acids is 1. The average molecular weight is 366 g/mol. The Morgan fingerprint density at radius 2 is 2.00 bits per heavy atom. The first-order valence-electron chi connectivity index (χ1n) is 10.1. The zero-order valence-corrected chi connectivity index (χ0v) is 16.8. The number of hydrogen-bond acceptors (Lipinski definition) is 6. The topological polar surface area (TPSA) is 60.4 Å². The first kappa shape index (κ1) is 19.3. The normalized spacial score (nSPS) is 25.1. The van der Waals surface area contributed by atoms with Crippen LogP contribution in [0, 0.1) is 5.92 Å². The largest absolute Gasteiger partial charge is 0.444 e. The molecule has 0 aliphatic carbocycles. The van der Waals surface area contributed by atoms with Crippen LogP contribution in [0.1, 0.15) is 40.5 Å². The number of nitrogens with one attached hydrogen (secondary N) is 1. The number of fused-ring (bicyclic) bond motifs is 1. The van der Waals surface area contributed by atoms with Gasteiger partial charge in [0, 0.05) is 32.7 Å². The van der Waals surface area contributed by atoms with Crippen LogP contribution in [0.4, 0.5) is 4.79 Å². The quantitative estimate of drug-likeness (QED) is 0.820. The third-order valence-corrected chi connectivity index (χ3v) is 5.24. The minimum Gasteiger partial charge on any atom is -0.444 e. The average Bonchev–Trinajstić information content (AvgIpc) is 3.20. The Morgan fingerprint density at radius 3 is 2.69 bits per heavy atom. The molecule has 3 rings (SSSR count). The maximum Gasteiger partial charge on any atom is 0.410 e. The third kappa shape index (κ3) is 5.02. The van der Waals surface area contributed by atoms with Crippen molar-refractivity contribution >= 4 is 12.1 Å². The van der Waals surface area contributed by atoms with Gasteiger partial charge in [-0.25, -0.2) is 4.79 Å². The number of rotatable bonds is 4. The molecular formula is C19H35N5O2. The number of aliphatic imine (C=N–C) groups is 1. The van der Waals surface area contributed by atoms with E-state index in [1.54, 1.807) is 0 Å². The number of piperazine rings is 1. The highest BCUT2D eigenvalue weighted by atomic mass is 16.6. The van der Waals surface area contributed by atoms with Crippen LogP contribution in [-0.2, 0) is 4.74 Å². The van der Waals surface area contributed by atoms with Gasteiger partial charge in [0.2, 0.25) is 0 Å². The summed E-state index contributed by atoms with van der Waals surface area (Å²) in [5, 5.41) is 3.55. The number of nitrogens with zero attached hydrogens (tertiary/aromatic N) is 4. The van der Waals surface area contributed by atoms with Crippen LogP contribution in [0.25, 0.3) is 0 Å². The Morgan fingerprint density at radius 1 is 1.27 bits per heavy atom. The van der Waals surface area contributed by atoms with Gasteiger partial charge < -0.3 is 24.8 Å². The van der Waals surface area contributed by atoms with Gasteiger partial charge in [0.05, 0.1) is 12.6 Å². The molecule has 26 heavy (non-hydrogen) atoms. The predicted octanol–water partition coefficient (Wildman–Crippen LogP) is 1.60. The second-order valence-corrected chi connectivity index (χ2v) is 8.93. The third-order valence-electron chi connectivity index (χ3n) is 5.24. The number of likely N-dealkylation sites (tertiary alicyclic amines) is 1. The highest BCUT2D eigenvalue weighted by Gasteiger charge is 2.36.